The van der Waals surface area contributed by atoms with E-state index < -0.39 is 23.8 Å². The first-order valence-electron chi connectivity index (χ1n) is 12.0. The summed E-state index contributed by atoms with van der Waals surface area (Å²) in [5, 5.41) is 19.5. The first kappa shape index (κ1) is 27.3. The van der Waals surface area contributed by atoms with Gasteiger partial charge in [0.05, 0.1) is 16.9 Å². The summed E-state index contributed by atoms with van der Waals surface area (Å²) in [4.78, 5) is 54.8. The maximum atomic E-state index is 13.6. The lowest BCUT2D eigenvalue weighted by atomic mass is 10.0. The summed E-state index contributed by atoms with van der Waals surface area (Å²) in [5.74, 6) is -2.67. The topological polar surface area (TPSA) is 131 Å². The number of amides is 4. The second-order valence-corrected chi connectivity index (χ2v) is 9.59. The zero-order chi connectivity index (χ0) is 27.4. The number of phenols is 1. The van der Waals surface area contributed by atoms with E-state index in [9.17, 15) is 24.3 Å². The zero-order valence-corrected chi connectivity index (χ0v) is 21.8. The van der Waals surface area contributed by atoms with Crippen molar-refractivity contribution >= 4 is 35.0 Å². The minimum Gasteiger partial charge on any atom is -0.505 e. The summed E-state index contributed by atoms with van der Waals surface area (Å²) in [6, 6.07) is 11.9. The third-order valence-corrected chi connectivity index (χ3v) is 5.71. The van der Waals surface area contributed by atoms with Gasteiger partial charge in [-0.15, -0.1) is 0 Å². The molecule has 3 rings (SSSR count). The molecular weight excluding hydrogens is 474 g/mol. The summed E-state index contributed by atoms with van der Waals surface area (Å²) in [6.07, 6.45) is 0. The van der Waals surface area contributed by atoms with Gasteiger partial charge in [0.15, 0.2) is 5.75 Å². The van der Waals surface area contributed by atoms with Crippen LogP contribution in [0.25, 0.3) is 0 Å². The largest absolute Gasteiger partial charge is 0.505 e. The molecule has 10 nitrogen and oxygen atoms in total. The molecule has 0 radical (unpaired) electrons. The van der Waals surface area contributed by atoms with Crippen LogP contribution in [0.1, 0.15) is 38.1 Å². The number of benzene rings is 2. The van der Waals surface area contributed by atoms with Crippen molar-refractivity contribution < 1.29 is 24.3 Å². The second kappa shape index (κ2) is 11.2. The molecule has 10 heteroatoms. The fourth-order valence-electron chi connectivity index (χ4n) is 3.85. The molecule has 0 saturated carbocycles. The Labute approximate surface area is 216 Å². The Morgan fingerprint density at radius 2 is 1.51 bits per heavy atom. The molecule has 1 aliphatic rings. The number of imide groups is 1. The van der Waals surface area contributed by atoms with E-state index in [2.05, 4.69) is 16.0 Å². The van der Waals surface area contributed by atoms with Crippen LogP contribution in [0.3, 0.4) is 0 Å². The standard InChI is InChI=1S/C27H33N5O5/c1-15(2)20(24(34)28-16(3)4)30-22-21(26(36)32(27(22)37)17-11-8-7-9-12-17)29-19-14-10-13-18(23(19)33)25(35)31(5)6/h7-16,20,29-30,33H,1-6H3,(H,28,34)/t20-/m1/s1. The molecule has 1 aliphatic heterocycles. The number of hydrogen-bond donors (Lipinski definition) is 4. The van der Waals surface area contributed by atoms with Gasteiger partial charge in [0.1, 0.15) is 17.4 Å². The van der Waals surface area contributed by atoms with Crippen molar-refractivity contribution in [3.8, 4) is 5.75 Å². The summed E-state index contributed by atoms with van der Waals surface area (Å²) in [5.41, 5.74) is 0.169. The Balaban J connectivity index is 2.09. The number of phenolic OH excluding ortho intramolecular Hbond substituents is 1. The molecule has 0 bridgehead atoms. The highest BCUT2D eigenvalue weighted by molar-refractivity contribution is 6.33. The average Bonchev–Trinajstić information content (AvgIpc) is 3.06. The molecule has 2 aromatic rings. The molecular formula is C27H33N5O5. The van der Waals surface area contributed by atoms with Gasteiger partial charge in [-0.2, -0.15) is 0 Å². The van der Waals surface area contributed by atoms with E-state index in [0.29, 0.717) is 5.69 Å². The first-order valence-corrected chi connectivity index (χ1v) is 12.0. The van der Waals surface area contributed by atoms with E-state index in [0.717, 1.165) is 4.90 Å². The summed E-state index contributed by atoms with van der Waals surface area (Å²) in [7, 11) is 3.11. The van der Waals surface area contributed by atoms with Crippen LogP contribution in [-0.4, -0.2) is 59.8 Å². The normalized spacial score (nSPS) is 14.3. The van der Waals surface area contributed by atoms with Crippen molar-refractivity contribution in [2.45, 2.75) is 39.8 Å². The van der Waals surface area contributed by atoms with E-state index in [1.54, 1.807) is 50.5 Å². The molecule has 196 valence electrons. The van der Waals surface area contributed by atoms with Gasteiger partial charge < -0.3 is 26.0 Å². The highest BCUT2D eigenvalue weighted by atomic mass is 16.3. The van der Waals surface area contributed by atoms with E-state index in [1.165, 1.54) is 17.0 Å². The predicted molar refractivity (Wildman–Crippen MR) is 141 cm³/mol. The average molecular weight is 508 g/mol. The maximum Gasteiger partial charge on any atom is 0.284 e. The Morgan fingerprint density at radius 3 is 2.08 bits per heavy atom. The maximum absolute atomic E-state index is 13.6. The number of carbonyl (C=O) groups is 4. The number of nitrogens with one attached hydrogen (secondary N) is 3. The van der Waals surface area contributed by atoms with Gasteiger partial charge in [-0.3, -0.25) is 19.2 Å². The van der Waals surface area contributed by atoms with Gasteiger partial charge in [0.25, 0.3) is 17.7 Å². The molecule has 0 unspecified atom stereocenters. The Morgan fingerprint density at radius 1 is 0.892 bits per heavy atom. The van der Waals surface area contributed by atoms with Gasteiger partial charge in [0.2, 0.25) is 5.91 Å². The van der Waals surface area contributed by atoms with Gasteiger partial charge in [-0.05, 0) is 44.0 Å². The van der Waals surface area contributed by atoms with Gasteiger partial charge >= 0.3 is 0 Å². The molecule has 4 amide bonds. The first-order chi connectivity index (χ1) is 17.4. The Hall–Kier alpha value is -4.34. The number of rotatable bonds is 9. The van der Waals surface area contributed by atoms with Crippen LogP contribution in [0.5, 0.6) is 5.75 Å². The summed E-state index contributed by atoms with van der Waals surface area (Å²) < 4.78 is 0. The SMILES string of the molecule is CC(C)NC(=O)[C@H](NC1=C(Nc2cccc(C(=O)N(C)C)c2O)C(=O)N(c2ccccc2)C1=O)C(C)C. The van der Waals surface area contributed by atoms with Crippen LogP contribution in [0, 0.1) is 5.92 Å². The minimum absolute atomic E-state index is 0.0261. The fourth-order valence-corrected chi connectivity index (χ4v) is 3.85. The third-order valence-electron chi connectivity index (χ3n) is 5.71. The van der Waals surface area contributed by atoms with Crippen LogP contribution in [0.2, 0.25) is 0 Å². The van der Waals surface area contributed by atoms with E-state index in [4.69, 9.17) is 0 Å². The number of carbonyl (C=O) groups excluding carboxylic acids is 4. The van der Waals surface area contributed by atoms with Crippen LogP contribution < -0.4 is 20.9 Å². The number of aromatic hydroxyl groups is 1. The lowest BCUT2D eigenvalue weighted by Gasteiger charge is -2.24. The number of para-hydroxylation sites is 2. The van der Waals surface area contributed by atoms with Crippen LogP contribution in [0.15, 0.2) is 59.9 Å². The molecule has 4 N–H and O–H groups in total. The Kier molecular flexibility index (Phi) is 8.21. The quantitative estimate of drug-likeness (QED) is 0.303. The van der Waals surface area contributed by atoms with Crippen molar-refractivity contribution in [1.82, 2.24) is 15.5 Å². The van der Waals surface area contributed by atoms with Crippen molar-refractivity contribution in [3.05, 3.63) is 65.5 Å². The minimum atomic E-state index is -0.822. The number of anilines is 2. The number of nitrogens with zero attached hydrogens (tertiary/aromatic N) is 2. The van der Waals surface area contributed by atoms with Crippen LogP contribution in [0.4, 0.5) is 11.4 Å². The van der Waals surface area contributed by atoms with E-state index in [1.807, 2.05) is 27.7 Å². The van der Waals surface area contributed by atoms with Crippen LogP contribution in [-0.2, 0) is 14.4 Å². The van der Waals surface area contributed by atoms with Crippen LogP contribution >= 0.6 is 0 Å². The lowest BCUT2D eigenvalue weighted by molar-refractivity contribution is -0.124. The monoisotopic (exact) mass is 507 g/mol. The van der Waals surface area contributed by atoms with Crippen molar-refractivity contribution in [2.24, 2.45) is 5.92 Å². The highest BCUT2D eigenvalue weighted by Crippen LogP contribution is 2.33. The molecule has 0 aromatic heterocycles. The highest BCUT2D eigenvalue weighted by Gasteiger charge is 2.42. The third kappa shape index (κ3) is 5.74. The fraction of sp³-hybridized carbons (Fsp3) is 0.333. The molecule has 0 aliphatic carbocycles. The smallest absolute Gasteiger partial charge is 0.284 e. The molecule has 1 atom stereocenters. The molecule has 37 heavy (non-hydrogen) atoms. The second-order valence-electron chi connectivity index (χ2n) is 9.59. The zero-order valence-electron chi connectivity index (χ0n) is 21.8. The molecule has 1 heterocycles. The predicted octanol–water partition coefficient (Wildman–Crippen LogP) is 2.43. The summed E-state index contributed by atoms with van der Waals surface area (Å²) in [6.45, 7) is 7.30. The van der Waals surface area contributed by atoms with Crippen molar-refractivity contribution in [2.75, 3.05) is 24.3 Å². The van der Waals surface area contributed by atoms with Crippen molar-refractivity contribution in [3.63, 3.8) is 0 Å². The lowest BCUT2D eigenvalue weighted by Crippen LogP contribution is -2.50. The Bertz CT molecular complexity index is 1240. The molecule has 0 saturated heterocycles. The van der Waals surface area contributed by atoms with E-state index >= 15 is 0 Å². The van der Waals surface area contributed by atoms with Crippen molar-refractivity contribution in [1.29, 1.82) is 0 Å². The van der Waals surface area contributed by atoms with Gasteiger partial charge in [0, 0.05) is 20.1 Å². The van der Waals surface area contributed by atoms with Gasteiger partial charge in [-0.25, -0.2) is 4.90 Å². The molecule has 0 spiro atoms. The summed E-state index contributed by atoms with van der Waals surface area (Å²) >= 11 is 0. The van der Waals surface area contributed by atoms with Gasteiger partial charge in [-0.1, -0.05) is 38.1 Å². The molecule has 0 fully saturated rings. The number of hydrogen-bond acceptors (Lipinski definition) is 7. The molecule has 2 aromatic carbocycles. The van der Waals surface area contributed by atoms with E-state index in [-0.39, 0.29) is 46.3 Å².